The van der Waals surface area contributed by atoms with Gasteiger partial charge >= 0.3 is 0 Å². The molecular weight excluding hydrogens is 388 g/mol. The van der Waals surface area contributed by atoms with Crippen molar-refractivity contribution in [1.29, 1.82) is 5.26 Å². The van der Waals surface area contributed by atoms with Crippen LogP contribution in [0.25, 0.3) is 31.5 Å². The first-order chi connectivity index (χ1) is 12.6. The minimum absolute atomic E-state index is 0.0636. The van der Waals surface area contributed by atoms with E-state index in [1.165, 1.54) is 22.7 Å². The van der Waals surface area contributed by atoms with Gasteiger partial charge in [-0.1, -0.05) is 41.9 Å². The quantitative estimate of drug-likeness (QED) is 0.360. The zero-order valence-electron chi connectivity index (χ0n) is 13.1. The Morgan fingerprint density at radius 3 is 2.31 bits per heavy atom. The van der Waals surface area contributed by atoms with Gasteiger partial charge in [0, 0.05) is 14.8 Å². The van der Waals surface area contributed by atoms with Crippen molar-refractivity contribution in [2.24, 2.45) is 0 Å². The number of nitriles is 1. The predicted octanol–water partition coefficient (Wildman–Crippen LogP) is 5.47. The van der Waals surface area contributed by atoms with E-state index in [1.807, 2.05) is 30.3 Å². The molecule has 0 bridgehead atoms. The molecule has 7 heteroatoms. The Hall–Kier alpha value is -2.72. The highest BCUT2D eigenvalue weighted by molar-refractivity contribution is 7.21. The van der Waals surface area contributed by atoms with Gasteiger partial charge in [0.05, 0.1) is 15.3 Å². The van der Waals surface area contributed by atoms with Crippen molar-refractivity contribution in [3.8, 4) is 6.07 Å². The lowest BCUT2D eigenvalue weighted by molar-refractivity contribution is 0.516. The molecule has 0 fully saturated rings. The number of hydrogen-bond donors (Lipinski definition) is 1. The van der Waals surface area contributed by atoms with Crippen LogP contribution in [0.1, 0.15) is 9.88 Å². The Labute approximate surface area is 160 Å². The molecule has 0 saturated carbocycles. The number of benzene rings is 2. The van der Waals surface area contributed by atoms with Crippen LogP contribution in [0.5, 0.6) is 0 Å². The number of fused-ring (bicyclic) bond motifs is 2. The van der Waals surface area contributed by atoms with Crippen molar-refractivity contribution in [1.82, 2.24) is 4.98 Å². The summed E-state index contributed by atoms with van der Waals surface area (Å²) in [4.78, 5) is 16.6. The molecule has 4 rings (SSSR count). The minimum atomic E-state index is -0.433. The first-order valence-electron chi connectivity index (χ1n) is 7.51. The van der Waals surface area contributed by atoms with Gasteiger partial charge in [-0.2, -0.15) is 10.2 Å². The summed E-state index contributed by atoms with van der Waals surface area (Å²) in [6, 6.07) is 16.5. The number of aromatic nitrogens is 1. The summed E-state index contributed by atoms with van der Waals surface area (Å²) in [5.41, 5.74) is -0.497. The van der Waals surface area contributed by atoms with Crippen molar-refractivity contribution < 1.29 is 5.11 Å². The van der Waals surface area contributed by atoms with Gasteiger partial charge in [0.15, 0.2) is 5.76 Å². The van der Waals surface area contributed by atoms with Gasteiger partial charge in [0.25, 0.3) is 5.56 Å². The zero-order valence-corrected chi connectivity index (χ0v) is 15.5. The lowest BCUT2D eigenvalue weighted by Crippen LogP contribution is -2.07. The molecule has 0 atom stereocenters. The van der Waals surface area contributed by atoms with Gasteiger partial charge in [-0.3, -0.25) is 4.79 Å². The maximum Gasteiger partial charge on any atom is 0.279 e. The molecule has 0 aliphatic rings. The summed E-state index contributed by atoms with van der Waals surface area (Å²) in [7, 11) is 0. The van der Waals surface area contributed by atoms with E-state index >= 15 is 0 Å². The third kappa shape index (κ3) is 2.67. The second-order valence-corrected chi connectivity index (χ2v) is 7.86. The molecule has 0 aliphatic carbocycles. The molecule has 0 amide bonds. The van der Waals surface area contributed by atoms with E-state index in [1.54, 1.807) is 24.3 Å². The Morgan fingerprint density at radius 2 is 1.65 bits per heavy atom. The number of hydrogen-bond acceptors (Lipinski definition) is 6. The minimum Gasteiger partial charge on any atom is -0.505 e. The van der Waals surface area contributed by atoms with E-state index in [4.69, 9.17) is 11.6 Å². The van der Waals surface area contributed by atoms with Crippen LogP contribution < -0.4 is 5.56 Å². The van der Waals surface area contributed by atoms with Crippen molar-refractivity contribution in [3.05, 3.63) is 73.8 Å². The third-order valence-electron chi connectivity index (χ3n) is 3.84. The number of allylic oxidation sites excluding steroid dienone is 1. The van der Waals surface area contributed by atoms with E-state index in [9.17, 15) is 15.2 Å². The molecule has 0 radical (unpaired) electrons. The highest BCUT2D eigenvalue weighted by Crippen LogP contribution is 2.40. The molecule has 4 nitrogen and oxygen atoms in total. The topological polar surface area (TPSA) is 74.0 Å². The second kappa shape index (κ2) is 6.54. The monoisotopic (exact) mass is 396 g/mol. The lowest BCUT2D eigenvalue weighted by atomic mass is 10.2. The van der Waals surface area contributed by atoms with Crippen LogP contribution in [0.4, 0.5) is 0 Å². The summed E-state index contributed by atoms with van der Waals surface area (Å²) in [5, 5.41) is 22.2. The molecule has 126 valence electrons. The summed E-state index contributed by atoms with van der Waals surface area (Å²) < 4.78 is 1.60. The molecule has 26 heavy (non-hydrogen) atoms. The van der Waals surface area contributed by atoms with Gasteiger partial charge in [-0.25, -0.2) is 0 Å². The van der Waals surface area contributed by atoms with Crippen molar-refractivity contribution >= 4 is 65.8 Å². The number of aliphatic hydroxyl groups excluding tert-OH is 1. The summed E-state index contributed by atoms with van der Waals surface area (Å²) >= 11 is 8.86. The fourth-order valence-electron chi connectivity index (χ4n) is 2.60. The van der Waals surface area contributed by atoms with Crippen LogP contribution in [0.2, 0.25) is 5.02 Å². The number of halogens is 1. The largest absolute Gasteiger partial charge is 0.505 e. The number of thiophene rings is 1. The highest BCUT2D eigenvalue weighted by atomic mass is 35.5. The average Bonchev–Trinajstić information content (AvgIpc) is 2.99. The first-order valence-corrected chi connectivity index (χ1v) is 9.52. The van der Waals surface area contributed by atoms with E-state index in [0.717, 1.165) is 10.1 Å². The fraction of sp³-hybridized carbons (Fsp3) is 0. The molecule has 2 heterocycles. The molecule has 0 aliphatic heterocycles. The maximum absolute atomic E-state index is 12.2. The average molecular weight is 397 g/mol. The SMILES string of the molecule is N#C/C(=C(/O)c1sc2ccccc2c1Cl)c1nc(=O)c2ccccc2s1. The fourth-order valence-corrected chi connectivity index (χ4v) is 5.06. The first kappa shape index (κ1) is 16.7. The Morgan fingerprint density at radius 1 is 1.04 bits per heavy atom. The molecule has 2 aromatic carbocycles. The van der Waals surface area contributed by atoms with Crippen molar-refractivity contribution in [2.75, 3.05) is 0 Å². The highest BCUT2D eigenvalue weighted by Gasteiger charge is 2.20. The number of aliphatic hydroxyl groups is 1. The van der Waals surface area contributed by atoms with Crippen LogP contribution in [0.3, 0.4) is 0 Å². The lowest BCUT2D eigenvalue weighted by Gasteiger charge is -2.03. The van der Waals surface area contributed by atoms with E-state index in [-0.39, 0.29) is 16.3 Å². The molecule has 0 unspecified atom stereocenters. The Bertz CT molecular complexity index is 1300. The summed E-state index contributed by atoms with van der Waals surface area (Å²) in [6.07, 6.45) is 0. The van der Waals surface area contributed by atoms with Gasteiger partial charge in [-0.05, 0) is 18.2 Å². The number of rotatable bonds is 2. The Kier molecular flexibility index (Phi) is 4.21. The predicted molar refractivity (Wildman–Crippen MR) is 108 cm³/mol. The van der Waals surface area contributed by atoms with Crippen LogP contribution in [-0.2, 0) is 0 Å². The number of nitrogens with zero attached hydrogens (tertiary/aromatic N) is 2. The second-order valence-electron chi connectivity index (χ2n) is 5.40. The zero-order chi connectivity index (χ0) is 18.3. The van der Waals surface area contributed by atoms with E-state index < -0.39 is 5.56 Å². The molecule has 0 saturated heterocycles. The van der Waals surface area contributed by atoms with Crippen molar-refractivity contribution in [3.63, 3.8) is 0 Å². The molecule has 1 N–H and O–H groups in total. The van der Waals surface area contributed by atoms with Gasteiger partial charge in [-0.15, -0.1) is 22.7 Å². The molecular formula is C19H9ClN2O2S2. The standard InChI is InChI=1S/C19H9ClN2O2S2/c20-15-10-5-1-3-7-13(10)25-17(15)16(23)12(9-21)19-22-18(24)11-6-2-4-8-14(11)26-19/h1-8,23H/b16-12-. The normalized spacial score (nSPS) is 12.2. The van der Waals surface area contributed by atoms with Gasteiger partial charge in [0.1, 0.15) is 16.6 Å². The summed E-state index contributed by atoms with van der Waals surface area (Å²) in [6.45, 7) is 0. The molecule has 2 aromatic heterocycles. The van der Waals surface area contributed by atoms with Gasteiger partial charge < -0.3 is 5.11 Å². The van der Waals surface area contributed by atoms with E-state index in [0.29, 0.717) is 20.0 Å². The van der Waals surface area contributed by atoms with Gasteiger partial charge in [0.2, 0.25) is 0 Å². The van der Waals surface area contributed by atoms with Crippen LogP contribution in [0.15, 0.2) is 53.3 Å². The van der Waals surface area contributed by atoms with Crippen molar-refractivity contribution in [2.45, 2.75) is 0 Å². The molecule has 4 aromatic rings. The third-order valence-corrected chi connectivity index (χ3v) is 6.59. The maximum atomic E-state index is 12.2. The van der Waals surface area contributed by atoms with Crippen LogP contribution in [-0.4, -0.2) is 10.1 Å². The smallest absolute Gasteiger partial charge is 0.279 e. The van der Waals surface area contributed by atoms with Crippen LogP contribution >= 0.6 is 34.3 Å². The molecule has 0 spiro atoms. The van der Waals surface area contributed by atoms with E-state index in [2.05, 4.69) is 4.98 Å². The Balaban J connectivity index is 1.97. The van der Waals surface area contributed by atoms with Crippen LogP contribution in [0, 0.1) is 11.3 Å². The summed E-state index contributed by atoms with van der Waals surface area (Å²) in [5.74, 6) is -0.267.